The van der Waals surface area contributed by atoms with Gasteiger partial charge in [-0.25, -0.2) is 4.99 Å². The molecule has 1 aromatic carbocycles. The molecule has 0 fully saturated rings. The molecule has 0 spiro atoms. The van der Waals surface area contributed by atoms with Gasteiger partial charge in [0.1, 0.15) is 0 Å². The molecule has 1 aliphatic rings. The number of rotatable bonds is 2. The second-order valence-corrected chi connectivity index (χ2v) is 5.35. The summed E-state index contributed by atoms with van der Waals surface area (Å²) in [5.41, 5.74) is 10.8. The molecule has 0 aliphatic carbocycles. The number of hydrogen-bond donors (Lipinski definition) is 2. The molecule has 0 saturated carbocycles. The minimum atomic E-state index is -1.07. The van der Waals surface area contributed by atoms with Gasteiger partial charge in [0, 0.05) is 35.4 Å². The highest BCUT2D eigenvalue weighted by atomic mass is 15.3. The van der Waals surface area contributed by atoms with Crippen LogP contribution in [0.15, 0.2) is 78.2 Å². The Kier molecular flexibility index (Phi) is 3.13. The van der Waals surface area contributed by atoms with Crippen LogP contribution in [-0.2, 0) is 5.79 Å². The van der Waals surface area contributed by atoms with E-state index in [1.54, 1.807) is 18.6 Å². The fraction of sp³-hybridized carbons (Fsp3) is 0.0556. The topological polar surface area (TPSA) is 76.2 Å². The van der Waals surface area contributed by atoms with Gasteiger partial charge in [-0.2, -0.15) is 0 Å². The maximum Gasteiger partial charge on any atom is 0.211 e. The Morgan fingerprint density at radius 3 is 2.57 bits per heavy atom. The van der Waals surface area contributed by atoms with E-state index >= 15 is 0 Å². The molecule has 0 amide bonds. The number of nitrogens with zero attached hydrogens (tertiary/aromatic N) is 3. The van der Waals surface area contributed by atoms with Crippen LogP contribution < -0.4 is 11.1 Å². The molecule has 1 atom stereocenters. The summed E-state index contributed by atoms with van der Waals surface area (Å²) in [4.78, 5) is 13.4. The lowest BCUT2D eigenvalue weighted by Crippen LogP contribution is -2.46. The van der Waals surface area contributed by atoms with Gasteiger partial charge in [0.25, 0.3) is 0 Å². The lowest BCUT2D eigenvalue weighted by Gasteiger charge is -2.33. The zero-order chi connectivity index (χ0) is 15.7. The van der Waals surface area contributed by atoms with Crippen LogP contribution in [0.1, 0.15) is 16.8 Å². The highest BCUT2D eigenvalue weighted by Crippen LogP contribution is 2.32. The maximum atomic E-state index is 6.56. The molecule has 0 saturated heterocycles. The van der Waals surface area contributed by atoms with Gasteiger partial charge in [-0.3, -0.25) is 15.7 Å². The Bertz CT molecular complexity index is 861. The van der Waals surface area contributed by atoms with Gasteiger partial charge in [-0.05, 0) is 24.3 Å². The summed E-state index contributed by atoms with van der Waals surface area (Å²) in [6, 6.07) is 17.5. The number of benzene rings is 1. The highest BCUT2D eigenvalue weighted by molar-refractivity contribution is 6.16. The van der Waals surface area contributed by atoms with E-state index < -0.39 is 5.79 Å². The highest BCUT2D eigenvalue weighted by Gasteiger charge is 2.33. The normalized spacial score (nSPS) is 19.4. The lowest BCUT2D eigenvalue weighted by molar-refractivity contribution is 0.536. The van der Waals surface area contributed by atoms with Gasteiger partial charge >= 0.3 is 0 Å². The molecule has 3 heterocycles. The number of aromatic nitrogens is 2. The summed E-state index contributed by atoms with van der Waals surface area (Å²) in [6.45, 7) is 0. The van der Waals surface area contributed by atoms with Crippen molar-refractivity contribution in [2.75, 3.05) is 5.32 Å². The number of nitrogens with two attached hydrogens (primary N) is 1. The SMILES string of the molecule is NC1(c2cccnc2)N=C(c2ccccn2)c2ccccc2N1. The maximum absolute atomic E-state index is 6.56. The predicted molar refractivity (Wildman–Crippen MR) is 90.0 cm³/mol. The number of aliphatic imine (C=N–C) groups is 1. The van der Waals surface area contributed by atoms with Crippen molar-refractivity contribution in [3.63, 3.8) is 0 Å². The van der Waals surface area contributed by atoms with Crippen LogP contribution in [0.4, 0.5) is 5.69 Å². The standard InChI is InChI=1S/C18H15N5/c19-18(13-6-5-10-20-12-13)22-15-8-2-1-7-14(15)17(23-18)16-9-3-4-11-21-16/h1-12,22H,19H2. The summed E-state index contributed by atoms with van der Waals surface area (Å²) in [6.07, 6.45) is 5.19. The van der Waals surface area contributed by atoms with Crippen LogP contribution in [0.25, 0.3) is 0 Å². The van der Waals surface area contributed by atoms with Gasteiger partial charge in [0.2, 0.25) is 5.79 Å². The Morgan fingerprint density at radius 1 is 0.913 bits per heavy atom. The summed E-state index contributed by atoms with van der Waals surface area (Å²) >= 11 is 0. The average molecular weight is 301 g/mol. The molecule has 0 radical (unpaired) electrons. The van der Waals surface area contributed by atoms with Crippen molar-refractivity contribution in [1.29, 1.82) is 0 Å². The van der Waals surface area contributed by atoms with E-state index in [-0.39, 0.29) is 0 Å². The van der Waals surface area contributed by atoms with Crippen LogP contribution in [0.2, 0.25) is 0 Å². The van der Waals surface area contributed by atoms with Gasteiger partial charge in [-0.1, -0.05) is 30.3 Å². The van der Waals surface area contributed by atoms with Crippen LogP contribution in [0, 0.1) is 0 Å². The van der Waals surface area contributed by atoms with Crippen molar-refractivity contribution >= 4 is 11.4 Å². The third kappa shape index (κ3) is 2.37. The van der Waals surface area contributed by atoms with Crippen LogP contribution in [0.5, 0.6) is 0 Å². The van der Waals surface area contributed by atoms with E-state index in [4.69, 9.17) is 10.7 Å². The van der Waals surface area contributed by atoms with E-state index in [9.17, 15) is 0 Å². The van der Waals surface area contributed by atoms with E-state index in [1.807, 2.05) is 54.6 Å². The first-order valence-corrected chi connectivity index (χ1v) is 7.34. The molecule has 23 heavy (non-hydrogen) atoms. The van der Waals surface area contributed by atoms with Crippen molar-refractivity contribution < 1.29 is 0 Å². The predicted octanol–water partition coefficient (Wildman–Crippen LogP) is 2.51. The first kappa shape index (κ1) is 13.6. The number of anilines is 1. The van der Waals surface area contributed by atoms with E-state index in [2.05, 4.69) is 15.3 Å². The summed E-state index contributed by atoms with van der Waals surface area (Å²) in [7, 11) is 0. The number of nitrogens with one attached hydrogen (secondary N) is 1. The molecule has 1 aliphatic heterocycles. The lowest BCUT2D eigenvalue weighted by atomic mass is 9.99. The van der Waals surface area contributed by atoms with E-state index in [0.29, 0.717) is 0 Å². The Hall–Kier alpha value is -3.05. The minimum absolute atomic E-state index is 0.770. The van der Waals surface area contributed by atoms with Gasteiger partial charge in [0.15, 0.2) is 0 Å². The number of hydrogen-bond acceptors (Lipinski definition) is 5. The monoisotopic (exact) mass is 301 g/mol. The fourth-order valence-electron chi connectivity index (χ4n) is 2.69. The zero-order valence-corrected chi connectivity index (χ0v) is 12.3. The molecular formula is C18H15N5. The van der Waals surface area contributed by atoms with Crippen molar-refractivity contribution in [3.05, 3.63) is 90.0 Å². The number of pyridine rings is 2. The molecule has 4 rings (SSSR count). The fourth-order valence-corrected chi connectivity index (χ4v) is 2.69. The molecule has 1 unspecified atom stereocenters. The third-order valence-electron chi connectivity index (χ3n) is 3.80. The summed E-state index contributed by atoms with van der Waals surface area (Å²) < 4.78 is 0. The average Bonchev–Trinajstić information content (AvgIpc) is 2.62. The molecule has 2 aromatic heterocycles. The van der Waals surface area contributed by atoms with Gasteiger partial charge in [0.05, 0.1) is 11.4 Å². The molecule has 3 N–H and O–H groups in total. The first-order valence-electron chi connectivity index (χ1n) is 7.34. The molecule has 5 heteroatoms. The Morgan fingerprint density at radius 2 is 1.78 bits per heavy atom. The van der Waals surface area contributed by atoms with Crippen LogP contribution >= 0.6 is 0 Å². The zero-order valence-electron chi connectivity index (χ0n) is 12.3. The minimum Gasteiger partial charge on any atom is -0.345 e. The van der Waals surface area contributed by atoms with Gasteiger partial charge in [-0.15, -0.1) is 0 Å². The smallest absolute Gasteiger partial charge is 0.211 e. The second-order valence-electron chi connectivity index (χ2n) is 5.35. The molecular weight excluding hydrogens is 286 g/mol. The number of para-hydroxylation sites is 1. The summed E-state index contributed by atoms with van der Waals surface area (Å²) in [5, 5.41) is 3.31. The summed E-state index contributed by atoms with van der Waals surface area (Å²) in [5.74, 6) is -1.07. The first-order chi connectivity index (χ1) is 11.3. The van der Waals surface area contributed by atoms with Crippen LogP contribution in [0.3, 0.4) is 0 Å². The molecule has 3 aromatic rings. The Labute approximate surface area is 133 Å². The molecule has 5 nitrogen and oxygen atoms in total. The van der Waals surface area contributed by atoms with Crippen molar-refractivity contribution in [1.82, 2.24) is 9.97 Å². The van der Waals surface area contributed by atoms with Gasteiger partial charge < -0.3 is 5.32 Å². The van der Waals surface area contributed by atoms with Crippen LogP contribution in [-0.4, -0.2) is 15.7 Å². The van der Waals surface area contributed by atoms with Crippen molar-refractivity contribution in [2.45, 2.75) is 5.79 Å². The van der Waals surface area contributed by atoms with Crippen molar-refractivity contribution in [3.8, 4) is 0 Å². The largest absolute Gasteiger partial charge is 0.345 e. The Balaban J connectivity index is 1.93. The second kappa shape index (κ2) is 5.30. The number of fused-ring (bicyclic) bond motifs is 1. The van der Waals surface area contributed by atoms with Crippen molar-refractivity contribution in [2.24, 2.45) is 10.7 Å². The molecule has 112 valence electrons. The molecule has 0 bridgehead atoms. The third-order valence-corrected chi connectivity index (χ3v) is 3.80. The van der Waals surface area contributed by atoms with E-state index in [1.165, 1.54) is 0 Å². The quantitative estimate of drug-likeness (QED) is 0.762. The van der Waals surface area contributed by atoms with E-state index in [0.717, 1.165) is 28.2 Å².